The van der Waals surface area contributed by atoms with Crippen LogP contribution in [-0.4, -0.2) is 26.1 Å². The number of fused-ring (bicyclic) bond motifs is 1. The number of nitrogens with two attached hydrogens (primary N) is 1. The second-order valence-electron chi connectivity index (χ2n) is 5.39. The van der Waals surface area contributed by atoms with E-state index in [1.54, 1.807) is 6.33 Å². The molecule has 0 aromatic carbocycles. The van der Waals surface area contributed by atoms with E-state index in [0.717, 1.165) is 30.9 Å². The van der Waals surface area contributed by atoms with Crippen molar-refractivity contribution in [3.05, 3.63) is 12.2 Å². The Bertz CT molecular complexity index is 613. The Kier molecular flexibility index (Phi) is 2.44. The maximum absolute atomic E-state index is 6.00. The first kappa shape index (κ1) is 11.2. The minimum absolute atomic E-state index is 0.0418. The van der Waals surface area contributed by atoms with E-state index >= 15 is 0 Å². The van der Waals surface area contributed by atoms with Crippen molar-refractivity contribution in [1.82, 2.24) is 19.5 Å². The largest absolute Gasteiger partial charge is 0.382 e. The van der Waals surface area contributed by atoms with Crippen LogP contribution < -0.4 is 5.73 Å². The van der Waals surface area contributed by atoms with Gasteiger partial charge < -0.3 is 10.5 Å². The number of aromatic nitrogens is 4. The quantitative estimate of drug-likeness (QED) is 0.892. The summed E-state index contributed by atoms with van der Waals surface area (Å²) in [6, 6.07) is 0. The molecule has 1 aliphatic carbocycles. The first-order chi connectivity index (χ1) is 9.33. The Morgan fingerprint density at radius 3 is 2.84 bits per heavy atom. The van der Waals surface area contributed by atoms with Gasteiger partial charge in [0.05, 0.1) is 6.33 Å². The average molecular weight is 259 g/mol. The summed E-state index contributed by atoms with van der Waals surface area (Å²) >= 11 is 0. The number of hydrogen-bond acceptors (Lipinski definition) is 5. The molecule has 2 N–H and O–H groups in total. The second kappa shape index (κ2) is 4.16. The number of rotatable bonds is 2. The number of ether oxygens (including phenoxy) is 1. The maximum Gasteiger partial charge on any atom is 0.167 e. The van der Waals surface area contributed by atoms with Crippen molar-refractivity contribution in [2.24, 2.45) is 0 Å². The number of nitrogens with zero attached hydrogens (tertiary/aromatic N) is 4. The molecule has 1 saturated carbocycles. The third-order valence-corrected chi connectivity index (χ3v) is 3.87. The predicted octanol–water partition coefficient (Wildman–Crippen LogP) is 1.98. The highest BCUT2D eigenvalue weighted by atomic mass is 16.5. The fourth-order valence-electron chi connectivity index (χ4n) is 2.63. The standard InChI is InChI=1S/C13H17N5O/c14-11-10-13(17-12(16-11)8-4-5-8)18(7-15-10)9-3-1-2-6-19-9/h7-9H,1-6H2,(H2,14,16,17). The first-order valence-electron chi connectivity index (χ1n) is 6.94. The molecule has 3 heterocycles. The molecule has 1 unspecified atom stereocenters. The number of anilines is 1. The molecular weight excluding hydrogens is 242 g/mol. The van der Waals surface area contributed by atoms with Crippen LogP contribution in [0.1, 0.15) is 50.1 Å². The maximum atomic E-state index is 6.00. The molecule has 1 atom stereocenters. The zero-order valence-electron chi connectivity index (χ0n) is 10.7. The summed E-state index contributed by atoms with van der Waals surface area (Å²) in [4.78, 5) is 13.4. The minimum atomic E-state index is 0.0418. The van der Waals surface area contributed by atoms with Gasteiger partial charge in [0, 0.05) is 12.5 Å². The number of imidazole rings is 1. The summed E-state index contributed by atoms with van der Waals surface area (Å²) in [5.74, 6) is 1.84. The van der Waals surface area contributed by atoms with Gasteiger partial charge in [-0.3, -0.25) is 4.57 Å². The summed E-state index contributed by atoms with van der Waals surface area (Å²) in [6.07, 6.45) is 7.47. The number of hydrogen-bond donors (Lipinski definition) is 1. The zero-order valence-corrected chi connectivity index (χ0v) is 10.7. The summed E-state index contributed by atoms with van der Waals surface area (Å²) in [6.45, 7) is 0.806. The molecule has 2 aromatic rings. The molecule has 2 aromatic heterocycles. The fourth-order valence-corrected chi connectivity index (χ4v) is 2.63. The molecule has 0 radical (unpaired) electrons. The lowest BCUT2D eigenvalue weighted by atomic mass is 10.2. The van der Waals surface area contributed by atoms with E-state index in [1.165, 1.54) is 19.3 Å². The SMILES string of the molecule is Nc1nc(C2CC2)nc2c1ncn2C1CCCCO1. The van der Waals surface area contributed by atoms with Crippen LogP contribution in [0.15, 0.2) is 6.33 Å². The van der Waals surface area contributed by atoms with Crippen LogP contribution in [-0.2, 0) is 4.74 Å². The zero-order chi connectivity index (χ0) is 12.8. The summed E-state index contributed by atoms with van der Waals surface area (Å²) in [5.41, 5.74) is 7.51. The number of nitrogen functional groups attached to an aromatic ring is 1. The van der Waals surface area contributed by atoms with Crippen molar-refractivity contribution in [2.45, 2.75) is 44.2 Å². The predicted molar refractivity (Wildman–Crippen MR) is 70.6 cm³/mol. The van der Waals surface area contributed by atoms with Crippen molar-refractivity contribution in [2.75, 3.05) is 12.3 Å². The van der Waals surface area contributed by atoms with Gasteiger partial charge in [0.15, 0.2) is 11.5 Å². The Balaban J connectivity index is 1.81. The molecule has 2 fully saturated rings. The highest BCUT2D eigenvalue weighted by Gasteiger charge is 2.29. The second-order valence-corrected chi connectivity index (χ2v) is 5.39. The Hall–Kier alpha value is -1.69. The lowest BCUT2D eigenvalue weighted by molar-refractivity contribution is -0.0298. The van der Waals surface area contributed by atoms with Gasteiger partial charge in [-0.2, -0.15) is 0 Å². The third kappa shape index (κ3) is 1.87. The molecule has 100 valence electrons. The third-order valence-electron chi connectivity index (χ3n) is 3.87. The molecule has 6 heteroatoms. The topological polar surface area (TPSA) is 78.9 Å². The van der Waals surface area contributed by atoms with Gasteiger partial charge in [-0.25, -0.2) is 15.0 Å². The van der Waals surface area contributed by atoms with Gasteiger partial charge in [-0.05, 0) is 32.1 Å². The van der Waals surface area contributed by atoms with Crippen molar-refractivity contribution in [3.8, 4) is 0 Å². The molecular formula is C13H17N5O. The van der Waals surface area contributed by atoms with Crippen LogP contribution in [0.5, 0.6) is 0 Å². The van der Waals surface area contributed by atoms with Crippen LogP contribution in [0.25, 0.3) is 11.2 Å². The molecule has 0 spiro atoms. The first-order valence-corrected chi connectivity index (χ1v) is 6.94. The van der Waals surface area contributed by atoms with Gasteiger partial charge in [0.2, 0.25) is 0 Å². The normalized spacial score (nSPS) is 23.9. The van der Waals surface area contributed by atoms with E-state index in [1.807, 2.05) is 4.57 Å². The lowest BCUT2D eigenvalue weighted by Crippen LogP contribution is -2.18. The van der Waals surface area contributed by atoms with E-state index in [0.29, 0.717) is 17.3 Å². The van der Waals surface area contributed by atoms with Crippen molar-refractivity contribution in [3.63, 3.8) is 0 Å². The average Bonchev–Trinajstić information content (AvgIpc) is 3.20. The van der Waals surface area contributed by atoms with Gasteiger partial charge in [-0.1, -0.05) is 0 Å². The Morgan fingerprint density at radius 2 is 2.11 bits per heavy atom. The van der Waals surface area contributed by atoms with E-state index in [-0.39, 0.29) is 6.23 Å². The minimum Gasteiger partial charge on any atom is -0.382 e. The Morgan fingerprint density at radius 1 is 1.21 bits per heavy atom. The van der Waals surface area contributed by atoms with Crippen molar-refractivity contribution >= 4 is 17.0 Å². The smallest absolute Gasteiger partial charge is 0.167 e. The van der Waals surface area contributed by atoms with Gasteiger partial charge in [0.25, 0.3) is 0 Å². The van der Waals surface area contributed by atoms with E-state index < -0.39 is 0 Å². The summed E-state index contributed by atoms with van der Waals surface area (Å²) in [7, 11) is 0. The molecule has 6 nitrogen and oxygen atoms in total. The highest BCUT2D eigenvalue weighted by Crippen LogP contribution is 2.39. The lowest BCUT2D eigenvalue weighted by Gasteiger charge is -2.23. The van der Waals surface area contributed by atoms with E-state index in [2.05, 4.69) is 15.0 Å². The van der Waals surface area contributed by atoms with Crippen LogP contribution in [0, 0.1) is 0 Å². The van der Waals surface area contributed by atoms with Crippen LogP contribution in [0.3, 0.4) is 0 Å². The van der Waals surface area contributed by atoms with E-state index in [9.17, 15) is 0 Å². The fraction of sp³-hybridized carbons (Fsp3) is 0.615. The summed E-state index contributed by atoms with van der Waals surface area (Å²) in [5, 5.41) is 0. The van der Waals surface area contributed by atoms with Gasteiger partial charge in [-0.15, -0.1) is 0 Å². The van der Waals surface area contributed by atoms with Crippen LogP contribution >= 0.6 is 0 Å². The Labute approximate surface area is 111 Å². The molecule has 2 aliphatic rings. The van der Waals surface area contributed by atoms with Crippen molar-refractivity contribution < 1.29 is 4.74 Å². The molecule has 1 saturated heterocycles. The molecule has 0 bridgehead atoms. The van der Waals surface area contributed by atoms with Gasteiger partial charge >= 0.3 is 0 Å². The molecule has 0 amide bonds. The van der Waals surface area contributed by atoms with E-state index in [4.69, 9.17) is 10.5 Å². The molecule has 1 aliphatic heterocycles. The van der Waals surface area contributed by atoms with Crippen molar-refractivity contribution in [1.29, 1.82) is 0 Å². The molecule has 19 heavy (non-hydrogen) atoms. The van der Waals surface area contributed by atoms with Crippen LogP contribution in [0.4, 0.5) is 5.82 Å². The molecule has 4 rings (SSSR count). The monoisotopic (exact) mass is 259 g/mol. The highest BCUT2D eigenvalue weighted by molar-refractivity contribution is 5.81. The summed E-state index contributed by atoms with van der Waals surface area (Å²) < 4.78 is 7.82. The van der Waals surface area contributed by atoms with Gasteiger partial charge in [0.1, 0.15) is 17.6 Å². The van der Waals surface area contributed by atoms with Crippen LogP contribution in [0.2, 0.25) is 0 Å².